The molecule has 3 nitrogen and oxygen atoms in total. The van der Waals surface area contributed by atoms with Crippen LogP contribution in [0.15, 0.2) is 59.5 Å². The first-order valence-corrected chi connectivity index (χ1v) is 8.58. The summed E-state index contributed by atoms with van der Waals surface area (Å²) in [6.07, 6.45) is 0.659. The predicted octanol–water partition coefficient (Wildman–Crippen LogP) is 3.30. The number of rotatable bonds is 6. The van der Waals surface area contributed by atoms with Crippen molar-refractivity contribution in [3.8, 4) is 0 Å². The highest BCUT2D eigenvalue weighted by Crippen LogP contribution is 2.19. The average Bonchev–Trinajstić information content (AvgIpc) is 2.48. The molecule has 0 unspecified atom stereocenters. The quantitative estimate of drug-likeness (QED) is 0.769. The summed E-state index contributed by atoms with van der Waals surface area (Å²) in [5.74, 6) is 0.0264. The molecule has 21 heavy (non-hydrogen) atoms. The van der Waals surface area contributed by atoms with Crippen molar-refractivity contribution in [1.29, 1.82) is 0 Å². The number of hydrogen-bond donors (Lipinski definition) is 0. The molecule has 4 heteroatoms. The summed E-state index contributed by atoms with van der Waals surface area (Å²) in [6.45, 7) is 1.83. The number of carbonyl (C=O) groups excluding carboxylic acids is 1. The second-order valence-electron chi connectivity index (χ2n) is 4.89. The van der Waals surface area contributed by atoms with E-state index in [-0.39, 0.29) is 22.9 Å². The Morgan fingerprint density at radius 3 is 2.24 bits per heavy atom. The molecule has 110 valence electrons. The summed E-state index contributed by atoms with van der Waals surface area (Å²) >= 11 is 0. The Labute approximate surface area is 125 Å². The molecule has 0 aliphatic carbocycles. The lowest BCUT2D eigenvalue weighted by molar-refractivity contribution is 0.0992. The Hall–Kier alpha value is -1.94. The van der Waals surface area contributed by atoms with E-state index >= 15 is 0 Å². The van der Waals surface area contributed by atoms with Crippen LogP contribution in [0.4, 0.5) is 0 Å². The maximum Gasteiger partial charge on any atom is 0.178 e. The Balaban J connectivity index is 2.32. The highest BCUT2D eigenvalue weighted by molar-refractivity contribution is 7.91. The molecule has 0 N–H and O–H groups in total. The zero-order valence-electron chi connectivity index (χ0n) is 12.0. The first-order chi connectivity index (χ1) is 10.0. The van der Waals surface area contributed by atoms with Crippen molar-refractivity contribution in [1.82, 2.24) is 0 Å². The van der Waals surface area contributed by atoms with Crippen LogP contribution < -0.4 is 0 Å². The second kappa shape index (κ2) is 6.68. The minimum Gasteiger partial charge on any atom is -0.294 e. The van der Waals surface area contributed by atoms with Gasteiger partial charge in [-0.3, -0.25) is 4.79 Å². The van der Waals surface area contributed by atoms with Gasteiger partial charge in [0.2, 0.25) is 0 Å². The van der Waals surface area contributed by atoms with Gasteiger partial charge in [0.05, 0.1) is 10.6 Å². The molecule has 0 heterocycles. The minimum atomic E-state index is -3.32. The fourth-order valence-electron chi connectivity index (χ4n) is 2.23. The van der Waals surface area contributed by atoms with Gasteiger partial charge in [0.15, 0.2) is 15.6 Å². The monoisotopic (exact) mass is 302 g/mol. The third-order valence-corrected chi connectivity index (χ3v) is 5.24. The highest BCUT2D eigenvalue weighted by atomic mass is 32.2. The first-order valence-electron chi connectivity index (χ1n) is 6.93. The number of sulfone groups is 1. The molecule has 0 aromatic heterocycles. The number of benzene rings is 2. The van der Waals surface area contributed by atoms with Crippen LogP contribution in [0.3, 0.4) is 0 Å². The third-order valence-electron chi connectivity index (χ3n) is 3.23. The smallest absolute Gasteiger partial charge is 0.178 e. The highest BCUT2D eigenvalue weighted by Gasteiger charge is 2.19. The van der Waals surface area contributed by atoms with E-state index in [1.54, 1.807) is 48.5 Å². The Morgan fingerprint density at radius 2 is 1.57 bits per heavy atom. The molecule has 2 aromatic rings. The lowest BCUT2D eigenvalue weighted by Gasteiger charge is -2.09. The van der Waals surface area contributed by atoms with Gasteiger partial charge in [0, 0.05) is 12.0 Å². The Kier molecular flexibility index (Phi) is 4.91. The summed E-state index contributed by atoms with van der Waals surface area (Å²) in [4.78, 5) is 12.5. The van der Waals surface area contributed by atoms with E-state index in [1.165, 1.54) is 0 Å². The zero-order chi connectivity index (χ0) is 15.3. The molecule has 0 bridgehead atoms. The van der Waals surface area contributed by atoms with Gasteiger partial charge in [-0.1, -0.05) is 55.5 Å². The van der Waals surface area contributed by atoms with Gasteiger partial charge in [-0.2, -0.15) is 0 Å². The Morgan fingerprint density at radius 1 is 0.952 bits per heavy atom. The van der Waals surface area contributed by atoms with Crippen molar-refractivity contribution < 1.29 is 13.2 Å². The van der Waals surface area contributed by atoms with Crippen LogP contribution in [0.5, 0.6) is 0 Å². The zero-order valence-corrected chi connectivity index (χ0v) is 12.8. The topological polar surface area (TPSA) is 51.2 Å². The molecular formula is C17H18O3S. The van der Waals surface area contributed by atoms with Crippen molar-refractivity contribution in [2.24, 2.45) is 0 Å². The standard InChI is InChI=1S/C17H18O3S/c1-2-12-21(19,20)17-11-7-6-10-15(17)13-16(18)14-8-4-3-5-9-14/h3-11H,2,12-13H2,1H3. The van der Waals surface area contributed by atoms with E-state index in [2.05, 4.69) is 0 Å². The van der Waals surface area contributed by atoms with Crippen LogP contribution in [0.2, 0.25) is 0 Å². The van der Waals surface area contributed by atoms with Crippen LogP contribution in [0.1, 0.15) is 29.3 Å². The molecule has 2 rings (SSSR count). The lowest BCUT2D eigenvalue weighted by atomic mass is 10.0. The fourth-order valence-corrected chi connectivity index (χ4v) is 3.81. The molecule has 0 saturated carbocycles. The maximum atomic E-state index is 12.3. The molecule has 0 saturated heterocycles. The van der Waals surface area contributed by atoms with E-state index in [4.69, 9.17) is 0 Å². The van der Waals surface area contributed by atoms with E-state index in [9.17, 15) is 13.2 Å². The Bertz CT molecular complexity index is 719. The average molecular weight is 302 g/mol. The van der Waals surface area contributed by atoms with Crippen molar-refractivity contribution in [2.75, 3.05) is 5.75 Å². The molecule has 0 aliphatic rings. The molecule has 0 amide bonds. The van der Waals surface area contributed by atoms with Gasteiger partial charge in [-0.05, 0) is 18.1 Å². The molecule has 0 fully saturated rings. The molecule has 0 aliphatic heterocycles. The lowest BCUT2D eigenvalue weighted by Crippen LogP contribution is -2.12. The number of ketones is 1. The van der Waals surface area contributed by atoms with Crippen LogP contribution in [-0.4, -0.2) is 20.0 Å². The van der Waals surface area contributed by atoms with Crippen molar-refractivity contribution in [3.05, 3.63) is 65.7 Å². The second-order valence-corrected chi connectivity index (χ2v) is 6.97. The number of carbonyl (C=O) groups is 1. The van der Waals surface area contributed by atoms with Gasteiger partial charge in [0.1, 0.15) is 0 Å². The van der Waals surface area contributed by atoms with Crippen LogP contribution >= 0.6 is 0 Å². The summed E-state index contributed by atoms with van der Waals surface area (Å²) in [6, 6.07) is 15.7. The third kappa shape index (κ3) is 3.79. The van der Waals surface area contributed by atoms with Crippen LogP contribution in [0.25, 0.3) is 0 Å². The molecule has 0 spiro atoms. The summed E-state index contributed by atoms with van der Waals surface area (Å²) in [5.41, 5.74) is 1.17. The molecule has 0 atom stereocenters. The predicted molar refractivity (Wildman–Crippen MR) is 83.3 cm³/mol. The van der Waals surface area contributed by atoms with Gasteiger partial charge < -0.3 is 0 Å². The maximum absolute atomic E-state index is 12.3. The SMILES string of the molecule is CCCS(=O)(=O)c1ccccc1CC(=O)c1ccccc1. The van der Waals surface area contributed by atoms with E-state index < -0.39 is 9.84 Å². The van der Waals surface area contributed by atoms with Gasteiger partial charge in [-0.15, -0.1) is 0 Å². The minimum absolute atomic E-state index is 0.0743. The van der Waals surface area contributed by atoms with Gasteiger partial charge >= 0.3 is 0 Å². The summed E-state index contributed by atoms with van der Waals surface area (Å²) < 4.78 is 24.5. The van der Waals surface area contributed by atoms with Crippen molar-refractivity contribution in [2.45, 2.75) is 24.7 Å². The number of hydrogen-bond acceptors (Lipinski definition) is 3. The summed E-state index contributed by atoms with van der Waals surface area (Å²) in [7, 11) is -3.32. The largest absolute Gasteiger partial charge is 0.294 e. The van der Waals surface area contributed by atoms with E-state index in [0.29, 0.717) is 17.5 Å². The number of Topliss-reactive ketones (excluding diaryl/α,β-unsaturated/α-hetero) is 1. The van der Waals surface area contributed by atoms with Gasteiger partial charge in [0.25, 0.3) is 0 Å². The fraction of sp³-hybridized carbons (Fsp3) is 0.235. The van der Waals surface area contributed by atoms with Crippen molar-refractivity contribution >= 4 is 15.6 Å². The molecule has 0 radical (unpaired) electrons. The molecular weight excluding hydrogens is 284 g/mol. The summed E-state index contributed by atoms with van der Waals surface area (Å²) in [5, 5.41) is 0. The van der Waals surface area contributed by atoms with Crippen LogP contribution in [0, 0.1) is 0 Å². The first kappa shape index (κ1) is 15.4. The van der Waals surface area contributed by atoms with E-state index in [0.717, 1.165) is 0 Å². The normalized spacial score (nSPS) is 11.3. The molecule has 2 aromatic carbocycles. The van der Waals surface area contributed by atoms with Crippen LogP contribution in [-0.2, 0) is 16.3 Å². The van der Waals surface area contributed by atoms with Crippen molar-refractivity contribution in [3.63, 3.8) is 0 Å². The van der Waals surface area contributed by atoms with Gasteiger partial charge in [-0.25, -0.2) is 8.42 Å². The van der Waals surface area contributed by atoms with E-state index in [1.807, 2.05) is 13.0 Å².